The molecular formula is C10H9NO2. The van der Waals surface area contributed by atoms with Gasteiger partial charge in [-0.3, -0.25) is 10.1 Å². The molecule has 3 nitrogen and oxygen atoms in total. The molecule has 1 aromatic rings. The maximum absolute atomic E-state index is 10.1. The average Bonchev–Trinajstić information content (AvgIpc) is 2.15. The van der Waals surface area contributed by atoms with Crippen molar-refractivity contribution < 1.29 is 4.92 Å². The third-order valence-electron chi connectivity index (χ3n) is 1.59. The number of rotatable bonds is 3. The third-order valence-corrected chi connectivity index (χ3v) is 1.59. The van der Waals surface area contributed by atoms with Crippen molar-refractivity contribution >= 4 is 12.2 Å². The van der Waals surface area contributed by atoms with E-state index < -0.39 is 4.92 Å². The molecule has 0 unspecified atom stereocenters. The van der Waals surface area contributed by atoms with E-state index in [1.54, 1.807) is 12.1 Å². The van der Waals surface area contributed by atoms with Gasteiger partial charge in [0, 0.05) is 6.08 Å². The quantitative estimate of drug-likeness (QED) is 0.523. The van der Waals surface area contributed by atoms with Crippen LogP contribution in [0.25, 0.3) is 12.2 Å². The number of nitrogens with zero attached hydrogens (tertiary/aromatic N) is 1. The van der Waals surface area contributed by atoms with Gasteiger partial charge in [-0.1, -0.05) is 36.9 Å². The largest absolute Gasteiger partial charge is 0.259 e. The van der Waals surface area contributed by atoms with Crippen molar-refractivity contribution in [3.8, 4) is 0 Å². The van der Waals surface area contributed by atoms with Gasteiger partial charge < -0.3 is 0 Å². The maximum atomic E-state index is 10.1. The summed E-state index contributed by atoms with van der Waals surface area (Å²) in [4.78, 5) is 9.58. The van der Waals surface area contributed by atoms with E-state index in [0.717, 1.165) is 17.3 Å². The molecular weight excluding hydrogens is 166 g/mol. The van der Waals surface area contributed by atoms with Crippen molar-refractivity contribution in [2.75, 3.05) is 0 Å². The highest BCUT2D eigenvalue weighted by Gasteiger charge is 1.94. The van der Waals surface area contributed by atoms with E-state index in [9.17, 15) is 10.1 Å². The highest BCUT2D eigenvalue weighted by atomic mass is 16.6. The molecule has 3 heteroatoms. The van der Waals surface area contributed by atoms with E-state index in [4.69, 9.17) is 0 Å². The highest BCUT2D eigenvalue weighted by molar-refractivity contribution is 5.63. The lowest BCUT2D eigenvalue weighted by Gasteiger charge is -1.96. The standard InChI is InChI=1S/C10H9NO2/c1-2-9-5-3-4-6-10(9)7-8-11(12)13/h2-8H,1H2/b8-7+. The summed E-state index contributed by atoms with van der Waals surface area (Å²) in [6.07, 6.45) is 4.04. The summed E-state index contributed by atoms with van der Waals surface area (Å²) < 4.78 is 0. The predicted octanol–water partition coefficient (Wildman–Crippen LogP) is 2.58. The van der Waals surface area contributed by atoms with Crippen LogP contribution in [0.15, 0.2) is 37.0 Å². The molecule has 0 bridgehead atoms. The zero-order chi connectivity index (χ0) is 9.68. The molecule has 0 atom stereocenters. The number of benzene rings is 1. The Balaban J connectivity index is 3.00. The molecule has 0 aliphatic rings. The molecule has 0 aliphatic heterocycles. The summed E-state index contributed by atoms with van der Waals surface area (Å²) in [5.74, 6) is 0. The first-order valence-corrected chi connectivity index (χ1v) is 3.77. The Morgan fingerprint density at radius 1 is 1.31 bits per heavy atom. The first-order valence-electron chi connectivity index (χ1n) is 3.77. The molecule has 1 aromatic carbocycles. The molecule has 0 spiro atoms. The zero-order valence-electron chi connectivity index (χ0n) is 7.01. The van der Waals surface area contributed by atoms with Crippen LogP contribution in [-0.2, 0) is 0 Å². The van der Waals surface area contributed by atoms with E-state index >= 15 is 0 Å². The van der Waals surface area contributed by atoms with Crippen molar-refractivity contribution in [2.45, 2.75) is 0 Å². The van der Waals surface area contributed by atoms with E-state index in [1.807, 2.05) is 18.2 Å². The zero-order valence-corrected chi connectivity index (χ0v) is 7.01. The molecule has 0 amide bonds. The van der Waals surface area contributed by atoms with Gasteiger partial charge in [0.25, 0.3) is 0 Å². The van der Waals surface area contributed by atoms with Crippen molar-refractivity contribution in [1.29, 1.82) is 0 Å². The lowest BCUT2D eigenvalue weighted by molar-refractivity contribution is -0.400. The number of nitro groups is 1. The summed E-state index contributed by atoms with van der Waals surface area (Å²) in [5, 5.41) is 10.1. The van der Waals surface area contributed by atoms with Crippen molar-refractivity contribution in [1.82, 2.24) is 0 Å². The summed E-state index contributed by atoms with van der Waals surface area (Å²) in [7, 11) is 0. The van der Waals surface area contributed by atoms with Crippen LogP contribution in [0.1, 0.15) is 11.1 Å². The third kappa shape index (κ3) is 2.56. The van der Waals surface area contributed by atoms with E-state index in [2.05, 4.69) is 6.58 Å². The second kappa shape index (κ2) is 4.21. The molecule has 0 radical (unpaired) electrons. The summed E-state index contributed by atoms with van der Waals surface area (Å²) in [6, 6.07) is 7.34. The second-order valence-electron chi connectivity index (χ2n) is 2.43. The van der Waals surface area contributed by atoms with Crippen LogP contribution >= 0.6 is 0 Å². The average molecular weight is 175 g/mol. The lowest BCUT2D eigenvalue weighted by Crippen LogP contribution is -1.84. The van der Waals surface area contributed by atoms with Gasteiger partial charge in [-0.2, -0.15) is 0 Å². The fraction of sp³-hybridized carbons (Fsp3) is 0. The van der Waals surface area contributed by atoms with Gasteiger partial charge in [-0.15, -0.1) is 0 Å². The number of hydrogen-bond acceptors (Lipinski definition) is 2. The fourth-order valence-electron chi connectivity index (χ4n) is 0.990. The van der Waals surface area contributed by atoms with Crippen LogP contribution < -0.4 is 0 Å². The van der Waals surface area contributed by atoms with Gasteiger partial charge in [0.05, 0.1) is 4.92 Å². The van der Waals surface area contributed by atoms with Gasteiger partial charge in [-0.05, 0) is 11.1 Å². The topological polar surface area (TPSA) is 43.1 Å². The minimum absolute atomic E-state index is 0.486. The van der Waals surface area contributed by atoms with Crippen LogP contribution in [0.2, 0.25) is 0 Å². The SMILES string of the molecule is C=Cc1ccccc1/C=C/[N+](=O)[O-]. The highest BCUT2D eigenvalue weighted by Crippen LogP contribution is 2.11. The molecule has 0 fully saturated rings. The maximum Gasteiger partial charge on any atom is 0.235 e. The second-order valence-corrected chi connectivity index (χ2v) is 2.43. The van der Waals surface area contributed by atoms with E-state index in [1.165, 1.54) is 6.08 Å². The monoisotopic (exact) mass is 175 g/mol. The Hall–Kier alpha value is -1.90. The molecule has 1 rings (SSSR count). The van der Waals surface area contributed by atoms with E-state index in [0.29, 0.717) is 0 Å². The normalized spacial score (nSPS) is 10.2. The first-order chi connectivity index (χ1) is 6.24. The fourth-order valence-corrected chi connectivity index (χ4v) is 0.990. The molecule has 0 saturated carbocycles. The van der Waals surface area contributed by atoms with Gasteiger partial charge >= 0.3 is 0 Å². The summed E-state index contributed by atoms with van der Waals surface area (Å²) in [6.45, 7) is 3.61. The van der Waals surface area contributed by atoms with Crippen LogP contribution in [0.5, 0.6) is 0 Å². The minimum Gasteiger partial charge on any atom is -0.259 e. The van der Waals surface area contributed by atoms with Crippen molar-refractivity contribution in [2.24, 2.45) is 0 Å². The number of hydrogen-bond donors (Lipinski definition) is 0. The Labute approximate surface area is 76.2 Å². The molecule has 66 valence electrons. The van der Waals surface area contributed by atoms with Gasteiger partial charge in [-0.25, -0.2) is 0 Å². The summed E-state index contributed by atoms with van der Waals surface area (Å²) in [5.41, 5.74) is 1.69. The van der Waals surface area contributed by atoms with E-state index in [-0.39, 0.29) is 0 Å². The Morgan fingerprint density at radius 2 is 1.92 bits per heavy atom. The Kier molecular flexibility index (Phi) is 2.97. The first kappa shape index (κ1) is 9.19. The molecule has 0 N–H and O–H groups in total. The smallest absolute Gasteiger partial charge is 0.235 e. The van der Waals surface area contributed by atoms with Crippen LogP contribution in [0.3, 0.4) is 0 Å². The molecule has 0 aliphatic carbocycles. The van der Waals surface area contributed by atoms with Crippen molar-refractivity contribution in [3.05, 3.63) is 58.3 Å². The Morgan fingerprint density at radius 3 is 2.46 bits per heavy atom. The molecule has 0 aromatic heterocycles. The van der Waals surface area contributed by atoms with Gasteiger partial charge in [0.15, 0.2) is 0 Å². The Bertz CT molecular complexity index is 356. The van der Waals surface area contributed by atoms with Crippen LogP contribution in [-0.4, -0.2) is 4.92 Å². The molecule has 0 saturated heterocycles. The summed E-state index contributed by atoms with van der Waals surface area (Å²) >= 11 is 0. The van der Waals surface area contributed by atoms with Crippen LogP contribution in [0.4, 0.5) is 0 Å². The minimum atomic E-state index is -0.486. The van der Waals surface area contributed by atoms with Gasteiger partial charge in [0.2, 0.25) is 6.20 Å². The lowest BCUT2D eigenvalue weighted by atomic mass is 10.1. The predicted molar refractivity (Wildman–Crippen MR) is 52.6 cm³/mol. The van der Waals surface area contributed by atoms with Crippen molar-refractivity contribution in [3.63, 3.8) is 0 Å². The van der Waals surface area contributed by atoms with Gasteiger partial charge in [0.1, 0.15) is 0 Å². The molecule has 0 heterocycles. The molecule has 13 heavy (non-hydrogen) atoms. The van der Waals surface area contributed by atoms with Crippen LogP contribution in [0, 0.1) is 10.1 Å².